The summed E-state index contributed by atoms with van der Waals surface area (Å²) in [6.07, 6.45) is 4.87. The second-order valence-electron chi connectivity index (χ2n) is 6.56. The molecule has 1 nitrogen and oxygen atoms in total. The van der Waals surface area contributed by atoms with E-state index in [0.29, 0.717) is 12.0 Å². The Morgan fingerprint density at radius 3 is 2.67 bits per heavy atom. The highest BCUT2D eigenvalue weighted by molar-refractivity contribution is 7.16. The third-order valence-corrected chi connectivity index (χ3v) is 5.66. The zero-order valence-electron chi connectivity index (χ0n) is 11.6. The summed E-state index contributed by atoms with van der Waals surface area (Å²) in [6.45, 7) is 7.05. The van der Waals surface area contributed by atoms with E-state index in [-0.39, 0.29) is 5.41 Å². The second-order valence-corrected chi connectivity index (χ2v) is 8.36. The summed E-state index contributed by atoms with van der Waals surface area (Å²) < 4.78 is 0.891. The third-order valence-electron chi connectivity index (χ3n) is 4.42. The fourth-order valence-electron chi connectivity index (χ4n) is 3.42. The summed E-state index contributed by atoms with van der Waals surface area (Å²) in [5.41, 5.74) is 6.66. The van der Waals surface area contributed by atoms with E-state index in [0.717, 1.165) is 16.7 Å². The number of halogens is 1. The maximum absolute atomic E-state index is 6.39. The molecular weight excluding hydrogens is 262 g/mol. The maximum Gasteiger partial charge on any atom is 0.0931 e. The summed E-state index contributed by atoms with van der Waals surface area (Å²) in [4.78, 5) is 1.39. The van der Waals surface area contributed by atoms with Crippen LogP contribution in [0, 0.1) is 17.3 Å². The molecule has 1 saturated carbocycles. The molecule has 3 heteroatoms. The van der Waals surface area contributed by atoms with Gasteiger partial charge in [-0.2, -0.15) is 0 Å². The van der Waals surface area contributed by atoms with Gasteiger partial charge in [0.15, 0.2) is 0 Å². The summed E-state index contributed by atoms with van der Waals surface area (Å²) in [5, 5.41) is 0. The van der Waals surface area contributed by atoms with Gasteiger partial charge in [-0.25, -0.2) is 0 Å². The Morgan fingerprint density at radius 2 is 2.11 bits per heavy atom. The lowest BCUT2D eigenvalue weighted by Crippen LogP contribution is -2.44. The van der Waals surface area contributed by atoms with E-state index >= 15 is 0 Å². The van der Waals surface area contributed by atoms with E-state index in [1.54, 1.807) is 11.3 Å². The lowest BCUT2D eigenvalue weighted by atomic mass is 9.65. The molecule has 0 radical (unpaired) electrons. The molecule has 18 heavy (non-hydrogen) atoms. The number of hydrogen-bond donors (Lipinski definition) is 1. The molecule has 3 atom stereocenters. The van der Waals surface area contributed by atoms with Gasteiger partial charge >= 0.3 is 0 Å². The van der Waals surface area contributed by atoms with Crippen molar-refractivity contribution in [2.75, 3.05) is 0 Å². The second kappa shape index (κ2) is 5.52. The van der Waals surface area contributed by atoms with E-state index in [2.05, 4.69) is 26.8 Å². The fourth-order valence-corrected chi connectivity index (χ4v) is 4.75. The van der Waals surface area contributed by atoms with Crippen molar-refractivity contribution in [1.29, 1.82) is 0 Å². The van der Waals surface area contributed by atoms with Crippen LogP contribution in [0.15, 0.2) is 12.1 Å². The predicted octanol–water partition coefficient (Wildman–Crippen LogP) is 4.73. The lowest BCUT2D eigenvalue weighted by molar-refractivity contribution is 0.114. The molecule has 0 spiro atoms. The summed E-state index contributed by atoms with van der Waals surface area (Å²) in [6, 6.07) is 4.52. The maximum atomic E-state index is 6.39. The van der Waals surface area contributed by atoms with E-state index < -0.39 is 0 Å². The average molecular weight is 286 g/mol. The molecule has 1 aliphatic carbocycles. The van der Waals surface area contributed by atoms with E-state index in [1.165, 1.54) is 24.1 Å². The highest BCUT2D eigenvalue weighted by Crippen LogP contribution is 2.42. The van der Waals surface area contributed by atoms with Crippen LogP contribution in [0.2, 0.25) is 4.34 Å². The topological polar surface area (TPSA) is 26.0 Å². The van der Waals surface area contributed by atoms with Gasteiger partial charge in [0.25, 0.3) is 0 Å². The smallest absolute Gasteiger partial charge is 0.0931 e. The Labute approximate surface area is 120 Å². The zero-order valence-corrected chi connectivity index (χ0v) is 13.2. The van der Waals surface area contributed by atoms with Crippen LogP contribution in [-0.2, 0) is 6.42 Å². The highest BCUT2D eigenvalue weighted by atomic mass is 35.5. The van der Waals surface area contributed by atoms with Crippen LogP contribution in [0.25, 0.3) is 0 Å². The molecule has 1 heterocycles. The van der Waals surface area contributed by atoms with Crippen LogP contribution < -0.4 is 5.73 Å². The molecule has 0 amide bonds. The molecular formula is C15H24ClNS. The van der Waals surface area contributed by atoms with Crippen molar-refractivity contribution in [3.05, 3.63) is 21.3 Å². The normalized spacial score (nSPS) is 29.5. The van der Waals surface area contributed by atoms with Gasteiger partial charge in [-0.3, -0.25) is 0 Å². The monoisotopic (exact) mass is 285 g/mol. The standard InChI is InChI=1S/C15H24ClNS/c1-10-4-6-12(13(17)8-10)15(2,3)9-11-5-7-14(16)18-11/h5,7,10,12-13H,4,6,8-9,17H2,1-3H3. The third kappa shape index (κ3) is 3.28. The van der Waals surface area contributed by atoms with Crippen molar-refractivity contribution in [3.8, 4) is 0 Å². The molecule has 0 saturated heterocycles. The fraction of sp³-hybridized carbons (Fsp3) is 0.733. The Bertz CT molecular complexity index is 399. The Balaban J connectivity index is 2.05. The van der Waals surface area contributed by atoms with Crippen LogP contribution in [0.3, 0.4) is 0 Å². The SMILES string of the molecule is CC1CCC(C(C)(C)Cc2ccc(Cl)s2)C(N)C1. The first-order valence-electron chi connectivity index (χ1n) is 6.88. The van der Waals surface area contributed by atoms with Gasteiger partial charge in [-0.05, 0) is 48.6 Å². The number of hydrogen-bond acceptors (Lipinski definition) is 2. The van der Waals surface area contributed by atoms with E-state index in [1.807, 2.05) is 6.07 Å². The molecule has 1 aliphatic rings. The summed E-state index contributed by atoms with van der Waals surface area (Å²) in [7, 11) is 0. The Hall–Kier alpha value is -0.0500. The lowest BCUT2D eigenvalue weighted by Gasteiger charge is -2.42. The molecule has 0 aromatic carbocycles. The van der Waals surface area contributed by atoms with Gasteiger partial charge < -0.3 is 5.73 Å². The predicted molar refractivity (Wildman–Crippen MR) is 81.3 cm³/mol. The minimum absolute atomic E-state index is 0.272. The van der Waals surface area contributed by atoms with Gasteiger partial charge in [0.1, 0.15) is 0 Å². The highest BCUT2D eigenvalue weighted by Gasteiger charge is 2.37. The summed E-state index contributed by atoms with van der Waals surface area (Å²) >= 11 is 7.72. The first-order valence-corrected chi connectivity index (χ1v) is 8.08. The average Bonchev–Trinajstić information content (AvgIpc) is 2.62. The van der Waals surface area contributed by atoms with Gasteiger partial charge in [0.05, 0.1) is 4.34 Å². The van der Waals surface area contributed by atoms with Gasteiger partial charge in [-0.15, -0.1) is 11.3 Å². The van der Waals surface area contributed by atoms with E-state index in [9.17, 15) is 0 Å². The number of nitrogens with two attached hydrogens (primary N) is 1. The van der Waals surface area contributed by atoms with Crippen molar-refractivity contribution < 1.29 is 0 Å². The van der Waals surface area contributed by atoms with Crippen LogP contribution in [0.1, 0.15) is 44.9 Å². The molecule has 0 bridgehead atoms. The molecule has 102 valence electrons. The molecule has 1 fully saturated rings. The van der Waals surface area contributed by atoms with Gasteiger partial charge in [0.2, 0.25) is 0 Å². The molecule has 2 rings (SSSR count). The molecule has 0 aliphatic heterocycles. The first-order chi connectivity index (χ1) is 8.38. The van der Waals surface area contributed by atoms with Crippen LogP contribution in [0.5, 0.6) is 0 Å². The molecule has 3 unspecified atom stereocenters. The Morgan fingerprint density at radius 1 is 1.39 bits per heavy atom. The van der Waals surface area contributed by atoms with Crippen molar-refractivity contribution in [2.24, 2.45) is 23.0 Å². The van der Waals surface area contributed by atoms with Crippen molar-refractivity contribution >= 4 is 22.9 Å². The van der Waals surface area contributed by atoms with Crippen molar-refractivity contribution in [1.82, 2.24) is 0 Å². The minimum atomic E-state index is 0.272. The molecule has 1 aromatic rings. The molecule has 2 N–H and O–H groups in total. The van der Waals surface area contributed by atoms with Crippen molar-refractivity contribution in [3.63, 3.8) is 0 Å². The largest absolute Gasteiger partial charge is 0.327 e. The zero-order chi connectivity index (χ0) is 13.3. The van der Waals surface area contributed by atoms with Crippen LogP contribution in [0.4, 0.5) is 0 Å². The summed E-state index contributed by atoms with van der Waals surface area (Å²) in [5.74, 6) is 1.43. The van der Waals surface area contributed by atoms with Gasteiger partial charge in [-0.1, -0.05) is 38.8 Å². The number of thiophene rings is 1. The Kier molecular flexibility index (Phi) is 4.40. The van der Waals surface area contributed by atoms with Gasteiger partial charge in [0, 0.05) is 10.9 Å². The van der Waals surface area contributed by atoms with Crippen LogP contribution in [-0.4, -0.2) is 6.04 Å². The van der Waals surface area contributed by atoms with Crippen molar-refractivity contribution in [2.45, 2.75) is 52.5 Å². The van der Waals surface area contributed by atoms with Crippen LogP contribution >= 0.6 is 22.9 Å². The number of rotatable bonds is 3. The quantitative estimate of drug-likeness (QED) is 0.853. The van der Waals surface area contributed by atoms with E-state index in [4.69, 9.17) is 17.3 Å². The first kappa shape index (κ1) is 14.4. The minimum Gasteiger partial charge on any atom is -0.327 e. The molecule has 1 aromatic heterocycles.